The number of nitrogens with zero attached hydrogens (tertiary/aromatic N) is 2. The summed E-state index contributed by atoms with van der Waals surface area (Å²) in [5.74, 6) is -0.444. The number of unbranched alkanes of at least 4 members (excludes halogenated alkanes) is 1. The molecule has 0 radical (unpaired) electrons. The van der Waals surface area contributed by atoms with Crippen LogP contribution in [0.1, 0.15) is 46.5 Å². The first-order valence-electron chi connectivity index (χ1n) is 7.68. The summed E-state index contributed by atoms with van der Waals surface area (Å²) in [7, 11) is 0. The van der Waals surface area contributed by atoms with Gasteiger partial charge in [0.1, 0.15) is 11.6 Å². The molecule has 0 saturated carbocycles. The van der Waals surface area contributed by atoms with E-state index in [1.807, 2.05) is 0 Å². The average molecular weight is 334 g/mol. The van der Waals surface area contributed by atoms with Gasteiger partial charge in [-0.05, 0) is 46.5 Å². The van der Waals surface area contributed by atoms with Crippen molar-refractivity contribution in [1.82, 2.24) is 10.3 Å². The van der Waals surface area contributed by atoms with Crippen LogP contribution >= 0.6 is 0 Å². The number of likely N-dealkylation sites (tertiary alicyclic amines) is 1. The maximum Gasteiger partial charge on any atom is 0.411 e. The maximum absolute atomic E-state index is 12.1. The third-order valence-corrected chi connectivity index (χ3v) is 3.14. The van der Waals surface area contributed by atoms with Gasteiger partial charge in [-0.1, -0.05) is 0 Å². The zero-order valence-electron chi connectivity index (χ0n) is 13.9. The summed E-state index contributed by atoms with van der Waals surface area (Å²) >= 11 is 0. The lowest BCUT2D eigenvalue weighted by molar-refractivity contribution is -0.492. The Morgan fingerprint density at radius 1 is 1.22 bits per heavy atom. The van der Waals surface area contributed by atoms with E-state index < -0.39 is 23.7 Å². The highest BCUT2D eigenvalue weighted by Gasteiger charge is 2.37. The Kier molecular flexibility index (Phi) is 7.69. The van der Waals surface area contributed by atoms with Crippen LogP contribution in [0.2, 0.25) is 0 Å². The van der Waals surface area contributed by atoms with Crippen molar-refractivity contribution in [2.75, 3.05) is 19.8 Å². The minimum atomic E-state index is -0.610. The van der Waals surface area contributed by atoms with Crippen LogP contribution < -0.4 is 0 Å². The average Bonchev–Trinajstić information content (AvgIpc) is 2.89. The SMILES string of the molecule is CC(C)(C)OC(=O)N1CCC[C@H]1C(=O)OCCCCON(O)O. The summed E-state index contributed by atoms with van der Waals surface area (Å²) in [6.45, 7) is 6.07. The second-order valence-electron chi connectivity index (χ2n) is 6.29. The van der Waals surface area contributed by atoms with E-state index in [0.29, 0.717) is 25.8 Å². The first kappa shape index (κ1) is 19.6. The second kappa shape index (κ2) is 9.02. The molecule has 1 aliphatic heterocycles. The minimum Gasteiger partial charge on any atom is -0.464 e. The lowest BCUT2D eigenvalue weighted by atomic mass is 10.2. The number of rotatable bonds is 7. The Morgan fingerprint density at radius 2 is 1.87 bits per heavy atom. The number of hydrogen-bond acceptors (Lipinski definition) is 8. The molecule has 134 valence electrons. The van der Waals surface area contributed by atoms with Crippen LogP contribution in [0.5, 0.6) is 0 Å². The van der Waals surface area contributed by atoms with Crippen molar-refractivity contribution in [1.29, 1.82) is 0 Å². The van der Waals surface area contributed by atoms with Crippen molar-refractivity contribution in [2.24, 2.45) is 0 Å². The molecule has 0 aromatic rings. The minimum absolute atomic E-state index is 0.0953. The number of carbonyl (C=O) groups excluding carboxylic acids is 2. The van der Waals surface area contributed by atoms with Crippen LogP contribution in [0.3, 0.4) is 0 Å². The van der Waals surface area contributed by atoms with Crippen molar-refractivity contribution >= 4 is 12.1 Å². The fourth-order valence-electron chi connectivity index (χ4n) is 2.17. The van der Waals surface area contributed by atoms with Gasteiger partial charge in [-0.25, -0.2) is 9.59 Å². The predicted octanol–water partition coefficient (Wildman–Crippen LogP) is 1.72. The zero-order valence-corrected chi connectivity index (χ0v) is 13.9. The Bertz CT molecular complexity index is 395. The van der Waals surface area contributed by atoms with Gasteiger partial charge in [0.25, 0.3) is 0 Å². The van der Waals surface area contributed by atoms with Crippen molar-refractivity contribution < 1.29 is 34.3 Å². The molecular formula is C14H26N2O7. The highest BCUT2D eigenvalue weighted by Crippen LogP contribution is 2.21. The summed E-state index contributed by atoms with van der Waals surface area (Å²) in [5, 5.41) is 16.3. The molecule has 1 amide bonds. The second-order valence-corrected chi connectivity index (χ2v) is 6.29. The normalized spacial score (nSPS) is 18.3. The number of amides is 1. The molecule has 1 aliphatic rings. The molecule has 0 aromatic carbocycles. The summed E-state index contributed by atoms with van der Waals surface area (Å²) in [5.41, 5.74) is -0.610. The van der Waals surface area contributed by atoms with E-state index in [-0.39, 0.29) is 18.6 Å². The lowest BCUT2D eigenvalue weighted by Gasteiger charge is -2.27. The molecule has 0 aliphatic carbocycles. The molecule has 0 unspecified atom stereocenters. The van der Waals surface area contributed by atoms with Gasteiger partial charge in [-0.15, -0.1) is 0 Å². The zero-order chi connectivity index (χ0) is 17.5. The van der Waals surface area contributed by atoms with E-state index in [2.05, 4.69) is 4.84 Å². The van der Waals surface area contributed by atoms with Gasteiger partial charge in [-0.2, -0.15) is 0 Å². The van der Waals surface area contributed by atoms with Crippen LogP contribution in [0.25, 0.3) is 0 Å². The van der Waals surface area contributed by atoms with Crippen LogP contribution in [0.15, 0.2) is 0 Å². The van der Waals surface area contributed by atoms with E-state index in [1.165, 1.54) is 4.90 Å². The number of carbonyl (C=O) groups is 2. The monoisotopic (exact) mass is 334 g/mol. The molecule has 9 nitrogen and oxygen atoms in total. The molecule has 1 heterocycles. The Balaban J connectivity index is 2.32. The predicted molar refractivity (Wildman–Crippen MR) is 77.5 cm³/mol. The number of esters is 1. The van der Waals surface area contributed by atoms with Crippen molar-refractivity contribution in [2.45, 2.75) is 58.1 Å². The molecule has 0 spiro atoms. The molecule has 0 bridgehead atoms. The van der Waals surface area contributed by atoms with Crippen LogP contribution in [0.4, 0.5) is 4.79 Å². The number of hydrogen-bond donors (Lipinski definition) is 2. The lowest BCUT2D eigenvalue weighted by Crippen LogP contribution is -2.44. The largest absolute Gasteiger partial charge is 0.464 e. The highest BCUT2D eigenvalue weighted by atomic mass is 17.1. The Labute approximate surface area is 135 Å². The molecule has 0 aromatic heterocycles. The standard InChI is InChI=1S/C14H26N2O7/c1-14(2,3)23-13(18)15-8-6-7-11(15)12(17)21-9-4-5-10-22-16(19)20/h11,19-20H,4-10H2,1-3H3/t11-/m0/s1. The molecule has 1 fully saturated rings. The van der Waals surface area contributed by atoms with Crippen LogP contribution in [-0.2, 0) is 19.1 Å². The number of ether oxygens (including phenoxy) is 2. The molecule has 1 atom stereocenters. The summed E-state index contributed by atoms with van der Waals surface area (Å²) < 4.78 is 10.5. The van der Waals surface area contributed by atoms with Gasteiger partial charge in [0.15, 0.2) is 0 Å². The van der Waals surface area contributed by atoms with Crippen molar-refractivity contribution in [3.63, 3.8) is 0 Å². The first-order chi connectivity index (χ1) is 10.7. The summed E-state index contributed by atoms with van der Waals surface area (Å²) in [6, 6.07) is -0.605. The fraction of sp³-hybridized carbons (Fsp3) is 0.857. The van der Waals surface area contributed by atoms with E-state index in [0.717, 1.165) is 6.42 Å². The molecule has 9 heteroatoms. The molecule has 2 N–H and O–H groups in total. The third kappa shape index (κ3) is 7.60. The fourth-order valence-corrected chi connectivity index (χ4v) is 2.17. The Hall–Kier alpha value is -1.42. The smallest absolute Gasteiger partial charge is 0.411 e. The first-order valence-corrected chi connectivity index (χ1v) is 7.68. The summed E-state index contributed by atoms with van der Waals surface area (Å²) in [6.07, 6.45) is 1.79. The van der Waals surface area contributed by atoms with Gasteiger partial charge >= 0.3 is 12.1 Å². The Morgan fingerprint density at radius 3 is 2.48 bits per heavy atom. The van der Waals surface area contributed by atoms with E-state index in [4.69, 9.17) is 19.9 Å². The quantitative estimate of drug-likeness (QED) is 0.411. The van der Waals surface area contributed by atoms with E-state index in [9.17, 15) is 9.59 Å². The molecular weight excluding hydrogens is 308 g/mol. The van der Waals surface area contributed by atoms with Gasteiger partial charge in [0.05, 0.1) is 18.6 Å². The van der Waals surface area contributed by atoms with E-state index >= 15 is 0 Å². The third-order valence-electron chi connectivity index (χ3n) is 3.14. The summed E-state index contributed by atoms with van der Waals surface area (Å²) in [4.78, 5) is 29.9. The van der Waals surface area contributed by atoms with Crippen molar-refractivity contribution in [3.8, 4) is 0 Å². The topological polar surface area (TPSA) is 109 Å². The van der Waals surface area contributed by atoms with Gasteiger partial charge in [0, 0.05) is 6.54 Å². The maximum atomic E-state index is 12.1. The van der Waals surface area contributed by atoms with Gasteiger partial charge in [-0.3, -0.25) is 20.2 Å². The van der Waals surface area contributed by atoms with Crippen LogP contribution in [-0.4, -0.2) is 64.2 Å². The van der Waals surface area contributed by atoms with E-state index in [1.54, 1.807) is 20.8 Å². The van der Waals surface area contributed by atoms with Crippen LogP contribution in [0, 0.1) is 0 Å². The highest BCUT2D eigenvalue weighted by molar-refractivity contribution is 5.82. The van der Waals surface area contributed by atoms with Crippen molar-refractivity contribution in [3.05, 3.63) is 0 Å². The molecule has 1 rings (SSSR count). The van der Waals surface area contributed by atoms with Gasteiger partial charge < -0.3 is 9.47 Å². The molecule has 1 saturated heterocycles. The molecule has 23 heavy (non-hydrogen) atoms. The van der Waals surface area contributed by atoms with Gasteiger partial charge in [0.2, 0.25) is 0 Å².